The van der Waals surface area contributed by atoms with Gasteiger partial charge in [0.2, 0.25) is 0 Å². The van der Waals surface area contributed by atoms with E-state index in [0.717, 1.165) is 12.1 Å². The van der Waals surface area contributed by atoms with Gasteiger partial charge in [0.1, 0.15) is 13.2 Å². The fourth-order valence-corrected chi connectivity index (χ4v) is 2.68. The lowest BCUT2D eigenvalue weighted by molar-refractivity contribution is -0.145. The second-order valence-corrected chi connectivity index (χ2v) is 6.71. The predicted molar refractivity (Wildman–Crippen MR) is 109 cm³/mol. The van der Waals surface area contributed by atoms with Crippen molar-refractivity contribution >= 4 is 29.3 Å². The van der Waals surface area contributed by atoms with E-state index in [1.165, 1.54) is 24.3 Å². The van der Waals surface area contributed by atoms with Crippen LogP contribution in [0.2, 0.25) is 0 Å². The first-order chi connectivity index (χ1) is 15.2. The van der Waals surface area contributed by atoms with Crippen LogP contribution in [0.5, 0.6) is 0 Å². The molecule has 2 rings (SSSR count). The summed E-state index contributed by atoms with van der Waals surface area (Å²) < 4.78 is 48.7. The Bertz CT molecular complexity index is 945. The monoisotopic (exact) mass is 453 g/mol. The highest BCUT2D eigenvalue weighted by Gasteiger charge is 2.30. The minimum Gasteiger partial charge on any atom is -0.481 e. The SMILES string of the molecule is O=C(O)CCCCC(=O)OCCOC(=O)c1ccccc1Nc1cccc(C(F)(F)F)c1. The topological polar surface area (TPSA) is 102 Å². The molecule has 0 amide bonds. The zero-order valence-corrected chi connectivity index (χ0v) is 17.0. The zero-order valence-electron chi connectivity index (χ0n) is 17.0. The number of rotatable bonds is 11. The molecule has 0 spiro atoms. The van der Waals surface area contributed by atoms with Gasteiger partial charge in [-0.25, -0.2) is 4.79 Å². The molecule has 32 heavy (non-hydrogen) atoms. The molecule has 0 unspecified atom stereocenters. The normalized spacial score (nSPS) is 11.0. The highest BCUT2D eigenvalue weighted by atomic mass is 19.4. The number of halogens is 3. The fourth-order valence-electron chi connectivity index (χ4n) is 2.68. The molecule has 10 heteroatoms. The second kappa shape index (κ2) is 11.7. The molecule has 0 heterocycles. The molecule has 0 saturated carbocycles. The number of nitrogens with one attached hydrogen (secondary N) is 1. The van der Waals surface area contributed by atoms with E-state index in [1.54, 1.807) is 12.1 Å². The summed E-state index contributed by atoms with van der Waals surface area (Å²) in [6, 6.07) is 10.7. The molecule has 0 fully saturated rings. The lowest BCUT2D eigenvalue weighted by Crippen LogP contribution is -2.15. The molecule has 0 aliphatic carbocycles. The van der Waals surface area contributed by atoms with E-state index in [2.05, 4.69) is 5.32 Å². The number of benzene rings is 2. The largest absolute Gasteiger partial charge is 0.481 e. The van der Waals surface area contributed by atoms with E-state index < -0.39 is 29.6 Å². The summed E-state index contributed by atoms with van der Waals surface area (Å²) in [5.41, 5.74) is -0.318. The van der Waals surface area contributed by atoms with Crippen LogP contribution in [0.15, 0.2) is 48.5 Å². The molecule has 2 aromatic rings. The highest BCUT2D eigenvalue weighted by molar-refractivity contribution is 5.96. The van der Waals surface area contributed by atoms with Crippen molar-refractivity contribution in [3.05, 3.63) is 59.7 Å². The Morgan fingerprint density at radius 1 is 0.906 bits per heavy atom. The number of anilines is 2. The maximum absolute atomic E-state index is 12.9. The van der Waals surface area contributed by atoms with Gasteiger partial charge in [-0.2, -0.15) is 13.2 Å². The third kappa shape index (κ3) is 8.29. The number of unbranched alkanes of at least 4 members (excludes halogenated alkanes) is 1. The number of hydrogen-bond donors (Lipinski definition) is 2. The molecule has 0 bridgehead atoms. The van der Waals surface area contributed by atoms with Gasteiger partial charge >= 0.3 is 24.1 Å². The van der Waals surface area contributed by atoms with Gasteiger partial charge in [-0.15, -0.1) is 0 Å². The van der Waals surface area contributed by atoms with Gasteiger partial charge in [0.25, 0.3) is 0 Å². The third-order valence-corrected chi connectivity index (χ3v) is 4.22. The van der Waals surface area contributed by atoms with Gasteiger partial charge in [0, 0.05) is 18.5 Å². The Balaban J connectivity index is 1.86. The summed E-state index contributed by atoms with van der Waals surface area (Å²) >= 11 is 0. The summed E-state index contributed by atoms with van der Waals surface area (Å²) in [5, 5.41) is 11.3. The Morgan fingerprint density at radius 3 is 2.31 bits per heavy atom. The van der Waals surface area contributed by atoms with Crippen LogP contribution in [0, 0.1) is 0 Å². The van der Waals surface area contributed by atoms with E-state index in [9.17, 15) is 27.6 Å². The molecule has 2 N–H and O–H groups in total. The first-order valence-electron chi connectivity index (χ1n) is 9.74. The minimum atomic E-state index is -4.50. The lowest BCUT2D eigenvalue weighted by Gasteiger charge is -2.13. The number of aliphatic carboxylic acids is 1. The maximum atomic E-state index is 12.9. The van der Waals surface area contributed by atoms with Crippen LogP contribution in [0.25, 0.3) is 0 Å². The Labute approximate surface area is 182 Å². The fraction of sp³-hybridized carbons (Fsp3) is 0.318. The Hall–Kier alpha value is -3.56. The van der Waals surface area contributed by atoms with Crippen molar-refractivity contribution in [2.24, 2.45) is 0 Å². The van der Waals surface area contributed by atoms with Crippen molar-refractivity contribution in [2.45, 2.75) is 31.9 Å². The van der Waals surface area contributed by atoms with Gasteiger partial charge in [0.05, 0.1) is 16.8 Å². The summed E-state index contributed by atoms with van der Waals surface area (Å²) in [6.45, 7) is -0.385. The number of carbonyl (C=O) groups excluding carboxylic acids is 2. The van der Waals surface area contributed by atoms with E-state index in [4.69, 9.17) is 14.6 Å². The summed E-state index contributed by atoms with van der Waals surface area (Å²) in [6.07, 6.45) is -3.73. The molecule has 0 aliphatic rings. The predicted octanol–water partition coefficient (Wildman–Crippen LogP) is 4.79. The number of ether oxygens (including phenoxy) is 2. The average molecular weight is 453 g/mol. The van der Waals surface area contributed by atoms with Gasteiger partial charge in [-0.3, -0.25) is 9.59 Å². The van der Waals surface area contributed by atoms with Crippen LogP contribution in [0.4, 0.5) is 24.5 Å². The van der Waals surface area contributed by atoms with Crippen molar-refractivity contribution < 1.29 is 42.1 Å². The third-order valence-electron chi connectivity index (χ3n) is 4.22. The molecule has 0 atom stereocenters. The molecular weight excluding hydrogens is 431 g/mol. The molecular formula is C22H22F3NO6. The second-order valence-electron chi connectivity index (χ2n) is 6.71. The number of carbonyl (C=O) groups is 3. The lowest BCUT2D eigenvalue weighted by atomic mass is 10.1. The molecule has 172 valence electrons. The molecule has 7 nitrogen and oxygen atoms in total. The average Bonchev–Trinajstić information content (AvgIpc) is 2.74. The Kier molecular flexibility index (Phi) is 9.06. The first kappa shape index (κ1) is 24.7. The Morgan fingerprint density at radius 2 is 1.59 bits per heavy atom. The van der Waals surface area contributed by atoms with Crippen molar-refractivity contribution in [2.75, 3.05) is 18.5 Å². The van der Waals surface area contributed by atoms with Crippen LogP contribution in [0.1, 0.15) is 41.6 Å². The number of para-hydroxylation sites is 1. The number of carboxylic acids is 1. The van der Waals surface area contributed by atoms with Crippen molar-refractivity contribution in [1.29, 1.82) is 0 Å². The van der Waals surface area contributed by atoms with Crippen LogP contribution < -0.4 is 5.32 Å². The van der Waals surface area contributed by atoms with Gasteiger partial charge in [-0.1, -0.05) is 18.2 Å². The quantitative estimate of drug-likeness (QED) is 0.372. The van der Waals surface area contributed by atoms with Crippen LogP contribution in [-0.2, 0) is 25.2 Å². The van der Waals surface area contributed by atoms with Crippen LogP contribution in [0.3, 0.4) is 0 Å². The van der Waals surface area contributed by atoms with Gasteiger partial charge in [-0.05, 0) is 43.2 Å². The summed E-state index contributed by atoms with van der Waals surface area (Å²) in [7, 11) is 0. The van der Waals surface area contributed by atoms with Crippen molar-refractivity contribution in [1.82, 2.24) is 0 Å². The number of carboxylic acid groups (broad SMARTS) is 1. The smallest absolute Gasteiger partial charge is 0.416 e. The van der Waals surface area contributed by atoms with Crippen LogP contribution >= 0.6 is 0 Å². The highest BCUT2D eigenvalue weighted by Crippen LogP contribution is 2.32. The number of alkyl halides is 3. The summed E-state index contributed by atoms with van der Waals surface area (Å²) in [4.78, 5) is 34.3. The zero-order chi connectivity index (χ0) is 23.6. The summed E-state index contributed by atoms with van der Waals surface area (Å²) in [5.74, 6) is -2.20. The molecule has 0 aromatic heterocycles. The number of esters is 2. The standard InChI is InChI=1S/C22H22F3NO6/c23-22(24,25)15-6-5-7-16(14-15)26-18-9-2-1-8-17(18)21(30)32-13-12-31-20(29)11-4-3-10-19(27)28/h1-2,5-9,14,26H,3-4,10-13H2,(H,27,28). The van der Waals surface area contributed by atoms with Crippen molar-refractivity contribution in [3.63, 3.8) is 0 Å². The molecule has 2 aromatic carbocycles. The molecule has 0 radical (unpaired) electrons. The van der Waals surface area contributed by atoms with Gasteiger partial charge in [0.15, 0.2) is 0 Å². The van der Waals surface area contributed by atoms with Crippen LogP contribution in [-0.4, -0.2) is 36.2 Å². The number of hydrogen-bond acceptors (Lipinski definition) is 6. The van der Waals surface area contributed by atoms with E-state index >= 15 is 0 Å². The minimum absolute atomic E-state index is 0.0289. The van der Waals surface area contributed by atoms with E-state index in [1.807, 2.05) is 0 Å². The maximum Gasteiger partial charge on any atom is 0.416 e. The van der Waals surface area contributed by atoms with Gasteiger partial charge < -0.3 is 19.9 Å². The molecule has 0 saturated heterocycles. The first-order valence-corrected chi connectivity index (χ1v) is 9.74. The molecule has 0 aliphatic heterocycles. The van der Waals surface area contributed by atoms with Crippen molar-refractivity contribution in [3.8, 4) is 0 Å². The van der Waals surface area contributed by atoms with E-state index in [-0.39, 0.29) is 43.0 Å². The van der Waals surface area contributed by atoms with E-state index in [0.29, 0.717) is 12.8 Å².